The molecule has 0 heterocycles. The molecule has 0 aromatic heterocycles. The van der Waals surface area contributed by atoms with Gasteiger partial charge in [0.15, 0.2) is 0 Å². The fourth-order valence-electron chi connectivity index (χ4n) is 1.58. The Morgan fingerprint density at radius 3 is 2.05 bits per heavy atom. The smallest absolute Gasteiger partial charge is 0.243 e. The van der Waals surface area contributed by atoms with Crippen molar-refractivity contribution in [2.75, 3.05) is 13.6 Å². The van der Waals surface area contributed by atoms with Crippen molar-refractivity contribution in [2.24, 2.45) is 0 Å². The summed E-state index contributed by atoms with van der Waals surface area (Å²) in [5, 5.41) is 10.3. The minimum Gasteiger partial charge on any atom is -0.389 e. The molecule has 0 radical (unpaired) electrons. The third-order valence-corrected chi connectivity index (χ3v) is 5.14. The van der Waals surface area contributed by atoms with Crippen molar-refractivity contribution in [1.82, 2.24) is 4.31 Å². The third kappa shape index (κ3) is 4.07. The Kier molecular flexibility index (Phi) is 4.91. The maximum atomic E-state index is 12.3. The number of halogens is 2. The minimum atomic E-state index is -3.73. The first-order valence-electron chi connectivity index (χ1n) is 5.59. The zero-order valence-electron chi connectivity index (χ0n) is 11.2. The average Bonchev–Trinajstić information content (AvgIpc) is 2.22. The van der Waals surface area contributed by atoms with Gasteiger partial charge >= 0.3 is 0 Å². The lowest BCUT2D eigenvalue weighted by Crippen LogP contribution is -2.39. The van der Waals surface area contributed by atoms with Crippen LogP contribution in [0.1, 0.15) is 19.4 Å². The molecule has 108 valence electrons. The van der Waals surface area contributed by atoms with Crippen molar-refractivity contribution in [3.63, 3.8) is 0 Å². The van der Waals surface area contributed by atoms with Gasteiger partial charge in [0.1, 0.15) is 0 Å². The van der Waals surface area contributed by atoms with Crippen molar-refractivity contribution in [3.8, 4) is 0 Å². The van der Waals surface area contributed by atoms with Crippen LogP contribution in [0.4, 0.5) is 0 Å². The largest absolute Gasteiger partial charge is 0.389 e. The predicted octanol–water partition coefficient (Wildman–Crippen LogP) is 2.69. The van der Waals surface area contributed by atoms with Gasteiger partial charge in [-0.15, -0.1) is 0 Å². The third-order valence-electron chi connectivity index (χ3n) is 2.57. The number of benzene rings is 1. The second kappa shape index (κ2) is 5.58. The van der Waals surface area contributed by atoms with Gasteiger partial charge in [0.05, 0.1) is 10.5 Å². The molecule has 0 aliphatic rings. The summed E-state index contributed by atoms with van der Waals surface area (Å²) in [6.07, 6.45) is 0. The summed E-state index contributed by atoms with van der Waals surface area (Å²) in [7, 11) is -2.33. The highest BCUT2D eigenvalue weighted by molar-refractivity contribution is 7.89. The molecule has 0 spiro atoms. The highest BCUT2D eigenvalue weighted by Crippen LogP contribution is 2.29. The summed E-state index contributed by atoms with van der Waals surface area (Å²) >= 11 is 11.9. The van der Waals surface area contributed by atoms with E-state index in [9.17, 15) is 13.5 Å². The molecule has 0 aliphatic heterocycles. The Hall–Kier alpha value is -0.330. The van der Waals surface area contributed by atoms with E-state index in [1.165, 1.54) is 33.0 Å². The van der Waals surface area contributed by atoms with E-state index < -0.39 is 15.6 Å². The second-order valence-electron chi connectivity index (χ2n) is 5.09. The van der Waals surface area contributed by atoms with E-state index in [4.69, 9.17) is 23.2 Å². The van der Waals surface area contributed by atoms with Crippen LogP contribution in [0, 0.1) is 6.92 Å². The molecule has 0 atom stereocenters. The van der Waals surface area contributed by atoms with Crippen molar-refractivity contribution in [1.29, 1.82) is 0 Å². The quantitative estimate of drug-likeness (QED) is 0.925. The van der Waals surface area contributed by atoms with Gasteiger partial charge in [-0.3, -0.25) is 0 Å². The molecule has 1 aromatic carbocycles. The number of sulfonamides is 1. The van der Waals surface area contributed by atoms with Gasteiger partial charge in [-0.2, -0.15) is 4.31 Å². The number of nitrogens with zero attached hydrogens (tertiary/aromatic N) is 1. The highest BCUT2D eigenvalue weighted by atomic mass is 35.5. The van der Waals surface area contributed by atoms with Gasteiger partial charge in [-0.05, 0) is 38.5 Å². The molecule has 0 bridgehead atoms. The van der Waals surface area contributed by atoms with Crippen molar-refractivity contribution >= 4 is 33.2 Å². The normalized spacial score (nSPS) is 13.1. The summed E-state index contributed by atoms with van der Waals surface area (Å²) in [4.78, 5) is 0.0138. The summed E-state index contributed by atoms with van der Waals surface area (Å²) in [6.45, 7) is 4.75. The second-order valence-corrected chi connectivity index (χ2v) is 7.94. The van der Waals surface area contributed by atoms with Gasteiger partial charge < -0.3 is 5.11 Å². The van der Waals surface area contributed by atoms with E-state index in [2.05, 4.69) is 0 Å². The van der Waals surface area contributed by atoms with Gasteiger partial charge in [-0.1, -0.05) is 23.2 Å². The van der Waals surface area contributed by atoms with Crippen LogP contribution in [-0.4, -0.2) is 37.0 Å². The Labute approximate surface area is 124 Å². The molecule has 0 fully saturated rings. The Morgan fingerprint density at radius 1 is 1.26 bits per heavy atom. The van der Waals surface area contributed by atoms with Gasteiger partial charge in [0.25, 0.3) is 0 Å². The first-order chi connectivity index (χ1) is 8.45. The number of aliphatic hydroxyl groups is 1. The molecular weight excluding hydrogens is 309 g/mol. The SMILES string of the molecule is Cc1c(Cl)cc(S(=O)(=O)N(C)CC(C)(C)O)cc1Cl. The molecule has 0 aliphatic carbocycles. The molecule has 1 aromatic rings. The van der Waals surface area contributed by atoms with Crippen LogP contribution in [-0.2, 0) is 10.0 Å². The van der Waals surface area contributed by atoms with Gasteiger partial charge in [0.2, 0.25) is 10.0 Å². The fourth-order valence-corrected chi connectivity index (χ4v) is 3.58. The molecule has 1 rings (SSSR count). The van der Waals surface area contributed by atoms with E-state index in [0.29, 0.717) is 15.6 Å². The zero-order valence-corrected chi connectivity index (χ0v) is 13.6. The Morgan fingerprint density at radius 2 is 1.68 bits per heavy atom. The molecular formula is C12H17Cl2NO3S. The van der Waals surface area contributed by atoms with Crippen molar-refractivity contribution in [3.05, 3.63) is 27.7 Å². The van der Waals surface area contributed by atoms with Crippen LogP contribution in [0.3, 0.4) is 0 Å². The standard InChI is InChI=1S/C12H17Cl2NO3S/c1-8-10(13)5-9(6-11(8)14)19(17,18)15(4)7-12(2,3)16/h5-6,16H,7H2,1-4H3. The van der Waals surface area contributed by atoms with Crippen LogP contribution in [0.5, 0.6) is 0 Å². The molecule has 7 heteroatoms. The van der Waals surface area contributed by atoms with Gasteiger partial charge in [0, 0.05) is 23.6 Å². The van der Waals surface area contributed by atoms with Crippen LogP contribution < -0.4 is 0 Å². The van der Waals surface area contributed by atoms with Crippen LogP contribution in [0.15, 0.2) is 17.0 Å². The van der Waals surface area contributed by atoms with E-state index in [0.717, 1.165) is 4.31 Å². The molecule has 0 unspecified atom stereocenters. The van der Waals surface area contributed by atoms with E-state index >= 15 is 0 Å². The lowest BCUT2D eigenvalue weighted by Gasteiger charge is -2.25. The van der Waals surface area contributed by atoms with Crippen molar-refractivity contribution in [2.45, 2.75) is 31.3 Å². The maximum Gasteiger partial charge on any atom is 0.243 e. The molecule has 0 saturated carbocycles. The zero-order chi connectivity index (χ0) is 15.0. The van der Waals surface area contributed by atoms with Crippen molar-refractivity contribution < 1.29 is 13.5 Å². The average molecular weight is 326 g/mol. The Balaban J connectivity index is 3.21. The molecule has 4 nitrogen and oxygen atoms in total. The summed E-state index contributed by atoms with van der Waals surface area (Å²) in [5.74, 6) is 0. The molecule has 19 heavy (non-hydrogen) atoms. The molecule has 1 N–H and O–H groups in total. The highest BCUT2D eigenvalue weighted by Gasteiger charge is 2.27. The number of hydrogen-bond donors (Lipinski definition) is 1. The lowest BCUT2D eigenvalue weighted by atomic mass is 10.1. The summed E-state index contributed by atoms with van der Waals surface area (Å²) < 4.78 is 25.7. The van der Waals surface area contributed by atoms with Gasteiger partial charge in [-0.25, -0.2) is 8.42 Å². The monoisotopic (exact) mass is 325 g/mol. The number of rotatable bonds is 4. The molecule has 0 amide bonds. The van der Waals surface area contributed by atoms with E-state index in [1.54, 1.807) is 6.92 Å². The van der Waals surface area contributed by atoms with Crippen LogP contribution >= 0.6 is 23.2 Å². The fraction of sp³-hybridized carbons (Fsp3) is 0.500. The summed E-state index contributed by atoms with van der Waals surface area (Å²) in [5.41, 5.74) is -0.493. The van der Waals surface area contributed by atoms with E-state index in [-0.39, 0.29) is 11.4 Å². The van der Waals surface area contributed by atoms with Crippen LogP contribution in [0.25, 0.3) is 0 Å². The Bertz CT molecular complexity index is 556. The van der Waals surface area contributed by atoms with E-state index in [1.807, 2.05) is 0 Å². The predicted molar refractivity (Wildman–Crippen MR) is 77.3 cm³/mol. The minimum absolute atomic E-state index is 0.0138. The number of likely N-dealkylation sites (N-methyl/N-ethyl adjacent to an activating group) is 1. The first-order valence-corrected chi connectivity index (χ1v) is 7.79. The number of hydrogen-bond acceptors (Lipinski definition) is 3. The summed E-state index contributed by atoms with van der Waals surface area (Å²) in [6, 6.07) is 2.72. The maximum absolute atomic E-state index is 12.3. The molecule has 0 saturated heterocycles. The van der Waals surface area contributed by atoms with Crippen LogP contribution in [0.2, 0.25) is 10.0 Å². The first kappa shape index (κ1) is 16.7. The topological polar surface area (TPSA) is 57.6 Å². The lowest BCUT2D eigenvalue weighted by molar-refractivity contribution is 0.0640.